The fourth-order valence-electron chi connectivity index (χ4n) is 1.79. The Labute approximate surface area is 113 Å². The van der Waals surface area contributed by atoms with Gasteiger partial charge in [-0.05, 0) is 18.2 Å². The number of hydrogen-bond donors (Lipinski definition) is 2. The van der Waals surface area contributed by atoms with Gasteiger partial charge in [0.1, 0.15) is 10.7 Å². The van der Waals surface area contributed by atoms with Crippen molar-refractivity contribution < 1.29 is 14.3 Å². The number of carbonyl (C=O) groups excluding carboxylic acids is 1. The number of anilines is 2. The zero-order chi connectivity index (χ0) is 13.4. The molecule has 0 radical (unpaired) electrons. The van der Waals surface area contributed by atoms with Crippen LogP contribution in [0.15, 0.2) is 18.2 Å². The Hall–Kier alpha value is -2.28. The normalized spacial score (nSPS) is 12.5. The van der Waals surface area contributed by atoms with E-state index in [4.69, 9.17) is 15.2 Å². The highest BCUT2D eigenvalue weighted by molar-refractivity contribution is 7.20. The Morgan fingerprint density at radius 2 is 2.21 bits per heavy atom. The Morgan fingerprint density at radius 3 is 3.00 bits per heavy atom. The lowest BCUT2D eigenvalue weighted by molar-refractivity contribution is -0.114. The van der Waals surface area contributed by atoms with Crippen LogP contribution < -0.4 is 20.5 Å². The summed E-state index contributed by atoms with van der Waals surface area (Å²) in [5.41, 5.74) is 7.39. The van der Waals surface area contributed by atoms with E-state index in [2.05, 4.69) is 10.3 Å². The predicted octanol–water partition coefficient (Wildman–Crippen LogP) is 2.08. The third kappa shape index (κ3) is 2.19. The molecule has 0 atom stereocenters. The second-order valence-corrected chi connectivity index (χ2v) is 5.01. The van der Waals surface area contributed by atoms with Crippen LogP contribution in [0.5, 0.6) is 11.5 Å². The second-order valence-electron chi connectivity index (χ2n) is 3.98. The first-order valence-corrected chi connectivity index (χ1v) is 6.39. The van der Waals surface area contributed by atoms with Gasteiger partial charge < -0.3 is 20.5 Å². The van der Waals surface area contributed by atoms with E-state index in [0.717, 1.165) is 5.56 Å². The van der Waals surface area contributed by atoms with Crippen molar-refractivity contribution in [2.45, 2.75) is 6.92 Å². The number of amides is 1. The Balaban J connectivity index is 1.97. The molecule has 0 aliphatic carbocycles. The Morgan fingerprint density at radius 1 is 1.42 bits per heavy atom. The van der Waals surface area contributed by atoms with Crippen LogP contribution in [0.2, 0.25) is 0 Å². The van der Waals surface area contributed by atoms with Crippen molar-refractivity contribution in [1.29, 1.82) is 0 Å². The average molecular weight is 277 g/mol. The van der Waals surface area contributed by atoms with Crippen LogP contribution in [0.25, 0.3) is 11.3 Å². The number of fused-ring (bicyclic) bond motifs is 1. The van der Waals surface area contributed by atoms with E-state index < -0.39 is 0 Å². The number of ether oxygens (including phenoxy) is 2. The van der Waals surface area contributed by atoms with Crippen molar-refractivity contribution in [1.82, 2.24) is 4.98 Å². The third-order valence-electron chi connectivity index (χ3n) is 2.58. The van der Waals surface area contributed by atoms with Crippen molar-refractivity contribution in [3.8, 4) is 22.8 Å². The molecule has 0 bridgehead atoms. The van der Waals surface area contributed by atoms with Crippen molar-refractivity contribution in [3.63, 3.8) is 0 Å². The highest BCUT2D eigenvalue weighted by Gasteiger charge is 2.17. The smallest absolute Gasteiger partial charge is 0.231 e. The molecular formula is C12H11N3O3S. The molecule has 19 heavy (non-hydrogen) atoms. The van der Waals surface area contributed by atoms with E-state index in [0.29, 0.717) is 27.3 Å². The molecule has 0 spiro atoms. The van der Waals surface area contributed by atoms with Gasteiger partial charge in [-0.1, -0.05) is 11.3 Å². The minimum absolute atomic E-state index is 0.175. The fraction of sp³-hybridized carbons (Fsp3) is 0.167. The van der Waals surface area contributed by atoms with Crippen LogP contribution >= 0.6 is 11.3 Å². The summed E-state index contributed by atoms with van der Waals surface area (Å²) in [6.45, 7) is 1.65. The molecule has 0 saturated carbocycles. The van der Waals surface area contributed by atoms with Crippen molar-refractivity contribution >= 4 is 27.4 Å². The SMILES string of the molecule is CC(=O)Nc1nc(-c2ccc3c(c2)OCO3)c(N)s1. The molecule has 7 heteroatoms. The lowest BCUT2D eigenvalue weighted by atomic mass is 10.1. The van der Waals surface area contributed by atoms with E-state index in [9.17, 15) is 4.79 Å². The largest absolute Gasteiger partial charge is 0.454 e. The number of rotatable bonds is 2. The van der Waals surface area contributed by atoms with Crippen LogP contribution in [0.4, 0.5) is 10.1 Å². The first-order chi connectivity index (χ1) is 9.13. The van der Waals surface area contributed by atoms with E-state index in [1.54, 1.807) is 0 Å². The maximum atomic E-state index is 11.0. The summed E-state index contributed by atoms with van der Waals surface area (Å²) in [5.74, 6) is 1.21. The standard InChI is InChI=1S/C12H11N3O3S/c1-6(16)14-12-15-10(11(13)19-12)7-2-3-8-9(4-7)18-5-17-8/h2-4H,5,13H2,1H3,(H,14,15,16). The molecule has 6 nitrogen and oxygen atoms in total. The van der Waals surface area contributed by atoms with Gasteiger partial charge in [0.05, 0.1) is 0 Å². The molecule has 1 aliphatic heterocycles. The van der Waals surface area contributed by atoms with Crippen LogP contribution in [-0.2, 0) is 4.79 Å². The molecule has 1 aliphatic rings. The van der Waals surface area contributed by atoms with Gasteiger partial charge >= 0.3 is 0 Å². The molecule has 0 saturated heterocycles. The number of nitrogen functional groups attached to an aromatic ring is 1. The third-order valence-corrected chi connectivity index (χ3v) is 3.38. The second kappa shape index (κ2) is 4.43. The summed E-state index contributed by atoms with van der Waals surface area (Å²) in [5, 5.41) is 3.65. The van der Waals surface area contributed by atoms with Crippen molar-refractivity contribution in [2.24, 2.45) is 0 Å². The van der Waals surface area contributed by atoms with Gasteiger partial charge in [-0.3, -0.25) is 4.79 Å². The number of nitrogens with zero attached hydrogens (tertiary/aromatic N) is 1. The summed E-state index contributed by atoms with van der Waals surface area (Å²) in [4.78, 5) is 15.3. The number of nitrogens with two attached hydrogens (primary N) is 1. The first-order valence-electron chi connectivity index (χ1n) is 5.57. The molecule has 2 aromatic rings. The number of carbonyl (C=O) groups is 1. The quantitative estimate of drug-likeness (QED) is 0.877. The molecule has 3 rings (SSSR count). The van der Waals surface area contributed by atoms with E-state index in [-0.39, 0.29) is 12.7 Å². The molecule has 2 heterocycles. The highest BCUT2D eigenvalue weighted by Crippen LogP contribution is 2.39. The van der Waals surface area contributed by atoms with Gasteiger partial charge in [-0.15, -0.1) is 0 Å². The molecule has 1 amide bonds. The summed E-state index contributed by atoms with van der Waals surface area (Å²) >= 11 is 1.23. The van der Waals surface area contributed by atoms with Gasteiger partial charge in [0.2, 0.25) is 12.7 Å². The number of hydrogen-bond acceptors (Lipinski definition) is 6. The van der Waals surface area contributed by atoms with Gasteiger partial charge in [-0.2, -0.15) is 0 Å². The van der Waals surface area contributed by atoms with Gasteiger partial charge in [0.15, 0.2) is 16.6 Å². The monoisotopic (exact) mass is 277 g/mol. The van der Waals surface area contributed by atoms with E-state index >= 15 is 0 Å². The zero-order valence-electron chi connectivity index (χ0n) is 10.1. The topological polar surface area (TPSA) is 86.5 Å². The van der Waals surface area contributed by atoms with Crippen LogP contribution in [0.1, 0.15) is 6.92 Å². The first kappa shape index (κ1) is 11.8. The maximum absolute atomic E-state index is 11.0. The molecule has 98 valence electrons. The predicted molar refractivity (Wildman–Crippen MR) is 72.4 cm³/mol. The van der Waals surface area contributed by atoms with E-state index in [1.165, 1.54) is 18.3 Å². The van der Waals surface area contributed by atoms with Gasteiger partial charge in [-0.25, -0.2) is 4.98 Å². The maximum Gasteiger partial charge on any atom is 0.231 e. The molecule has 1 aromatic heterocycles. The number of benzene rings is 1. The fourth-order valence-corrected chi connectivity index (χ4v) is 2.59. The van der Waals surface area contributed by atoms with Crippen molar-refractivity contribution in [2.75, 3.05) is 17.8 Å². The van der Waals surface area contributed by atoms with Gasteiger partial charge in [0, 0.05) is 12.5 Å². The molecular weight excluding hydrogens is 266 g/mol. The summed E-state index contributed by atoms with van der Waals surface area (Å²) in [7, 11) is 0. The number of nitrogens with one attached hydrogen (secondary N) is 1. The highest BCUT2D eigenvalue weighted by atomic mass is 32.1. The summed E-state index contributed by atoms with van der Waals surface area (Å²) in [6, 6.07) is 5.50. The Kier molecular flexibility index (Phi) is 2.75. The van der Waals surface area contributed by atoms with Gasteiger partial charge in [0.25, 0.3) is 0 Å². The van der Waals surface area contributed by atoms with E-state index in [1.807, 2.05) is 18.2 Å². The zero-order valence-corrected chi connectivity index (χ0v) is 10.9. The van der Waals surface area contributed by atoms with Crippen molar-refractivity contribution in [3.05, 3.63) is 18.2 Å². The lowest BCUT2D eigenvalue weighted by Gasteiger charge is -2.00. The number of thiazole rings is 1. The minimum Gasteiger partial charge on any atom is -0.454 e. The Bertz CT molecular complexity index is 654. The average Bonchev–Trinajstić information content (AvgIpc) is 2.93. The molecule has 1 aromatic carbocycles. The summed E-state index contributed by atoms with van der Waals surface area (Å²) in [6.07, 6.45) is 0. The molecule has 3 N–H and O–H groups in total. The molecule has 0 unspecified atom stereocenters. The van der Waals surface area contributed by atoms with Crippen LogP contribution in [0.3, 0.4) is 0 Å². The minimum atomic E-state index is -0.175. The van der Waals surface area contributed by atoms with Crippen LogP contribution in [0, 0.1) is 0 Å². The molecule has 0 fully saturated rings. The summed E-state index contributed by atoms with van der Waals surface area (Å²) < 4.78 is 10.6. The van der Waals surface area contributed by atoms with Crippen LogP contribution in [-0.4, -0.2) is 17.7 Å². The lowest BCUT2D eigenvalue weighted by Crippen LogP contribution is -2.04. The number of aromatic nitrogens is 1.